The van der Waals surface area contributed by atoms with Crippen molar-refractivity contribution in [3.8, 4) is 0 Å². The summed E-state index contributed by atoms with van der Waals surface area (Å²) in [5.41, 5.74) is 1.11. The number of fused-ring (bicyclic) bond motifs is 2. The fraction of sp³-hybridized carbons (Fsp3) is 0.778. The standard InChI is InChI=1S/C9H16Si/c1-2-8-6-3-4-7(5-6)9(8)10/h3-4,6-9H,2,5H2,1,10H3. The van der Waals surface area contributed by atoms with Gasteiger partial charge in [-0.25, -0.2) is 0 Å². The van der Waals surface area contributed by atoms with Crippen molar-refractivity contribution in [3.63, 3.8) is 0 Å². The first-order valence-corrected chi connectivity index (χ1v) is 5.66. The van der Waals surface area contributed by atoms with Crippen LogP contribution in [-0.4, -0.2) is 10.2 Å². The molecular formula is C9H16Si. The average Bonchev–Trinajstić information content (AvgIpc) is 2.46. The zero-order chi connectivity index (χ0) is 7.14. The highest BCUT2D eigenvalue weighted by molar-refractivity contribution is 6.12. The summed E-state index contributed by atoms with van der Waals surface area (Å²) in [4.78, 5) is 0. The first-order chi connectivity index (χ1) is 4.83. The van der Waals surface area contributed by atoms with Crippen molar-refractivity contribution in [2.75, 3.05) is 0 Å². The van der Waals surface area contributed by atoms with Crippen molar-refractivity contribution in [1.29, 1.82) is 0 Å². The normalized spacial score (nSPS) is 50.9. The summed E-state index contributed by atoms with van der Waals surface area (Å²) in [5, 5.41) is 0. The van der Waals surface area contributed by atoms with Crippen molar-refractivity contribution in [2.45, 2.75) is 25.3 Å². The first-order valence-electron chi connectivity index (χ1n) is 4.51. The van der Waals surface area contributed by atoms with E-state index in [9.17, 15) is 0 Å². The highest BCUT2D eigenvalue weighted by Crippen LogP contribution is 2.51. The van der Waals surface area contributed by atoms with Crippen molar-refractivity contribution in [1.82, 2.24) is 0 Å². The molecule has 0 N–H and O–H groups in total. The Bertz CT molecular complexity index is 162. The van der Waals surface area contributed by atoms with Crippen LogP contribution in [0.4, 0.5) is 0 Å². The maximum atomic E-state index is 2.47. The monoisotopic (exact) mass is 152 g/mol. The molecule has 0 aliphatic heterocycles. The molecule has 1 fully saturated rings. The Morgan fingerprint density at radius 2 is 2.10 bits per heavy atom. The number of hydrogen-bond donors (Lipinski definition) is 0. The van der Waals surface area contributed by atoms with E-state index in [1.807, 2.05) is 0 Å². The summed E-state index contributed by atoms with van der Waals surface area (Å²) in [7, 11) is 1.42. The van der Waals surface area contributed by atoms with Gasteiger partial charge in [0.15, 0.2) is 0 Å². The predicted octanol–water partition coefficient (Wildman–Crippen LogP) is 1.37. The van der Waals surface area contributed by atoms with E-state index in [0.717, 1.165) is 23.3 Å². The molecule has 0 nitrogen and oxygen atoms in total. The minimum atomic E-state index is 0.984. The van der Waals surface area contributed by atoms with Crippen LogP contribution in [0.15, 0.2) is 12.2 Å². The van der Waals surface area contributed by atoms with Gasteiger partial charge in [0, 0.05) is 10.2 Å². The van der Waals surface area contributed by atoms with Crippen molar-refractivity contribution >= 4 is 10.2 Å². The van der Waals surface area contributed by atoms with Crippen molar-refractivity contribution in [2.24, 2.45) is 17.8 Å². The molecule has 1 heteroatoms. The van der Waals surface area contributed by atoms with Crippen LogP contribution in [0, 0.1) is 17.8 Å². The van der Waals surface area contributed by atoms with Crippen LogP contribution in [-0.2, 0) is 0 Å². The fourth-order valence-electron chi connectivity index (χ4n) is 2.85. The molecule has 0 aromatic carbocycles. The van der Waals surface area contributed by atoms with Gasteiger partial charge in [-0.1, -0.05) is 25.5 Å². The molecule has 0 saturated heterocycles. The average molecular weight is 152 g/mol. The molecule has 56 valence electrons. The summed E-state index contributed by atoms with van der Waals surface area (Å²) in [6.45, 7) is 2.35. The third-order valence-electron chi connectivity index (χ3n) is 3.52. The van der Waals surface area contributed by atoms with Gasteiger partial charge in [0.25, 0.3) is 0 Å². The van der Waals surface area contributed by atoms with Crippen LogP contribution in [0.25, 0.3) is 0 Å². The van der Waals surface area contributed by atoms with E-state index in [1.54, 1.807) is 0 Å². The third kappa shape index (κ3) is 0.731. The minimum absolute atomic E-state index is 0.984. The maximum absolute atomic E-state index is 2.47. The Morgan fingerprint density at radius 3 is 2.50 bits per heavy atom. The van der Waals surface area contributed by atoms with Crippen LogP contribution in [0.1, 0.15) is 19.8 Å². The lowest BCUT2D eigenvalue weighted by Crippen LogP contribution is -2.13. The van der Waals surface area contributed by atoms with E-state index in [-0.39, 0.29) is 0 Å². The summed E-state index contributed by atoms with van der Waals surface area (Å²) >= 11 is 0. The summed E-state index contributed by atoms with van der Waals surface area (Å²) in [6, 6.07) is 0. The molecule has 2 rings (SSSR count). The largest absolute Gasteiger partial charge is 0.0851 e. The molecule has 0 spiro atoms. The Hall–Kier alpha value is -0.0431. The molecule has 1 saturated carbocycles. The highest BCUT2D eigenvalue weighted by atomic mass is 28.1. The Labute approximate surface area is 66.1 Å². The number of hydrogen-bond acceptors (Lipinski definition) is 0. The number of allylic oxidation sites excluding steroid dienone is 2. The van der Waals surface area contributed by atoms with Crippen molar-refractivity contribution < 1.29 is 0 Å². The van der Waals surface area contributed by atoms with Crippen LogP contribution < -0.4 is 0 Å². The Morgan fingerprint density at radius 1 is 1.40 bits per heavy atom. The van der Waals surface area contributed by atoms with E-state index >= 15 is 0 Å². The fourth-order valence-corrected chi connectivity index (χ4v) is 4.31. The van der Waals surface area contributed by atoms with E-state index in [2.05, 4.69) is 19.1 Å². The lowest BCUT2D eigenvalue weighted by Gasteiger charge is -2.22. The molecule has 4 unspecified atom stereocenters. The lowest BCUT2D eigenvalue weighted by atomic mass is 9.91. The SMILES string of the molecule is CCC1C2C=CC(C2)C1[SiH3]. The van der Waals surface area contributed by atoms with Gasteiger partial charge < -0.3 is 0 Å². The van der Waals surface area contributed by atoms with Crippen molar-refractivity contribution in [3.05, 3.63) is 12.2 Å². The topological polar surface area (TPSA) is 0 Å². The van der Waals surface area contributed by atoms with Gasteiger partial charge in [-0.05, 0) is 29.7 Å². The summed E-state index contributed by atoms with van der Waals surface area (Å²) in [6.07, 6.45) is 7.84. The Balaban J connectivity index is 2.18. The van der Waals surface area contributed by atoms with E-state index in [0.29, 0.717) is 0 Å². The second-order valence-electron chi connectivity index (χ2n) is 3.88. The maximum Gasteiger partial charge on any atom is 0.00785 e. The minimum Gasteiger partial charge on any atom is -0.0851 e. The van der Waals surface area contributed by atoms with E-state index in [4.69, 9.17) is 0 Å². The van der Waals surface area contributed by atoms with Gasteiger partial charge in [0.05, 0.1) is 0 Å². The molecule has 10 heavy (non-hydrogen) atoms. The Kier molecular flexibility index (Phi) is 1.48. The molecule has 4 atom stereocenters. The van der Waals surface area contributed by atoms with Gasteiger partial charge in [-0.3, -0.25) is 0 Å². The molecule has 2 aliphatic carbocycles. The van der Waals surface area contributed by atoms with Crippen LogP contribution in [0.5, 0.6) is 0 Å². The first kappa shape index (κ1) is 6.65. The van der Waals surface area contributed by atoms with Gasteiger partial charge >= 0.3 is 0 Å². The second-order valence-corrected chi connectivity index (χ2v) is 5.21. The van der Waals surface area contributed by atoms with Gasteiger partial charge in [0.2, 0.25) is 0 Å². The summed E-state index contributed by atoms with van der Waals surface area (Å²) < 4.78 is 0. The third-order valence-corrected chi connectivity index (χ3v) is 5.23. The van der Waals surface area contributed by atoms with Crippen LogP contribution in [0.2, 0.25) is 5.54 Å². The van der Waals surface area contributed by atoms with Gasteiger partial charge in [-0.2, -0.15) is 0 Å². The van der Waals surface area contributed by atoms with E-state index < -0.39 is 0 Å². The predicted molar refractivity (Wildman–Crippen MR) is 48.2 cm³/mol. The number of rotatable bonds is 1. The summed E-state index contributed by atoms with van der Waals surface area (Å²) in [5.74, 6) is 3.06. The molecule has 0 amide bonds. The molecule has 2 aliphatic rings. The molecule has 2 bridgehead atoms. The molecular weight excluding hydrogens is 136 g/mol. The zero-order valence-corrected chi connectivity index (χ0v) is 8.88. The molecule has 0 aromatic heterocycles. The van der Waals surface area contributed by atoms with Crippen LogP contribution >= 0.6 is 0 Å². The van der Waals surface area contributed by atoms with Crippen LogP contribution in [0.3, 0.4) is 0 Å². The molecule has 0 radical (unpaired) electrons. The van der Waals surface area contributed by atoms with Gasteiger partial charge in [0.1, 0.15) is 0 Å². The zero-order valence-electron chi connectivity index (χ0n) is 6.88. The van der Waals surface area contributed by atoms with Gasteiger partial charge in [-0.15, -0.1) is 0 Å². The lowest BCUT2D eigenvalue weighted by molar-refractivity contribution is 0.434. The smallest absolute Gasteiger partial charge is 0.00785 e. The molecule has 0 heterocycles. The quantitative estimate of drug-likeness (QED) is 0.393. The highest BCUT2D eigenvalue weighted by Gasteiger charge is 2.40. The molecule has 0 aromatic rings. The second kappa shape index (κ2) is 2.23. The van der Waals surface area contributed by atoms with E-state index in [1.165, 1.54) is 23.1 Å².